The molecule has 0 amide bonds. The van der Waals surface area contributed by atoms with Gasteiger partial charge in [0.05, 0.1) is 52.9 Å². The summed E-state index contributed by atoms with van der Waals surface area (Å²) in [5, 5.41) is 2.83. The van der Waals surface area contributed by atoms with Gasteiger partial charge < -0.3 is 4.57 Å². The summed E-state index contributed by atoms with van der Waals surface area (Å²) in [7, 11) is 0. The van der Waals surface area contributed by atoms with Crippen LogP contribution in [0, 0.1) is 0 Å². The molecular formula is C37H26N3S+. The van der Waals surface area contributed by atoms with Crippen LogP contribution in [0.5, 0.6) is 0 Å². The van der Waals surface area contributed by atoms with Crippen molar-refractivity contribution < 1.29 is 39.0 Å². The number of aromatic nitrogens is 3. The van der Waals surface area contributed by atoms with Crippen LogP contribution in [-0.2, 0) is 5.41 Å². The van der Waals surface area contributed by atoms with Crippen molar-refractivity contribution in [2.75, 3.05) is 0 Å². The molecule has 0 aliphatic carbocycles. The average Bonchev–Trinajstić information content (AvgIpc) is 3.79. The summed E-state index contributed by atoms with van der Waals surface area (Å²) in [6.45, 7) is -7.72. The molecule has 0 spiro atoms. The third kappa shape index (κ3) is 3.08. The SMILES string of the molecule is [2H]c1c([2H])c([2H])c(-c2n[n+](-c3c([2H])c([2H])c4c(c3[2H])C(C([2H])([2H])[2H])(C([2H])([2H])[2H])c3c([2H])c([2H])c([2H])c5c6sc7c([2H])c([2H])c([2H])c([2H])c7c6n-4c35)cc3c([2H])c([2H])c([2H])c([2H])c23)c([2H])c1[2H]. The van der Waals surface area contributed by atoms with Gasteiger partial charge in [-0.25, -0.2) is 0 Å². The van der Waals surface area contributed by atoms with Crippen molar-refractivity contribution in [1.82, 2.24) is 9.67 Å². The molecule has 0 unspecified atom stereocenters. The molecule has 5 aromatic carbocycles. The summed E-state index contributed by atoms with van der Waals surface area (Å²) in [4.78, 5) is 0. The number of benzene rings is 5. The number of fused-ring (bicyclic) bond motifs is 8. The van der Waals surface area contributed by atoms with Crippen LogP contribution < -0.4 is 4.68 Å². The maximum absolute atomic E-state index is 9.92. The van der Waals surface area contributed by atoms with Crippen LogP contribution in [0.2, 0.25) is 0 Å². The summed E-state index contributed by atoms with van der Waals surface area (Å²) in [5.74, 6) is 0. The molecule has 4 heteroatoms. The summed E-state index contributed by atoms with van der Waals surface area (Å²) >= 11 is 0.693. The lowest BCUT2D eigenvalue weighted by Crippen LogP contribution is -2.36. The minimum Gasteiger partial charge on any atom is -0.307 e. The van der Waals surface area contributed by atoms with Crippen LogP contribution in [0.4, 0.5) is 0 Å². The molecule has 0 N–H and O–H groups in total. The van der Waals surface area contributed by atoms with E-state index in [1.54, 1.807) is 0 Å². The van der Waals surface area contributed by atoms with Gasteiger partial charge in [-0.05, 0) is 29.3 Å². The van der Waals surface area contributed by atoms with Gasteiger partial charge in [0, 0.05) is 57.2 Å². The average molecular weight is 570 g/mol. The van der Waals surface area contributed by atoms with Gasteiger partial charge in [-0.15, -0.1) is 11.3 Å². The minimum atomic E-state index is -3.86. The molecule has 0 radical (unpaired) electrons. The van der Waals surface area contributed by atoms with E-state index in [9.17, 15) is 5.48 Å². The molecule has 1 aliphatic heterocycles. The first-order valence-corrected chi connectivity index (χ1v) is 12.8. The van der Waals surface area contributed by atoms with Crippen LogP contribution >= 0.6 is 11.3 Å². The molecule has 0 bridgehead atoms. The van der Waals surface area contributed by atoms with Crippen LogP contribution in [-0.4, -0.2) is 9.67 Å². The highest BCUT2D eigenvalue weighted by molar-refractivity contribution is 7.26. The molecule has 3 nitrogen and oxygen atoms in total. The highest BCUT2D eigenvalue weighted by Crippen LogP contribution is 2.50. The minimum absolute atomic E-state index is 0.0888. The van der Waals surface area contributed by atoms with Gasteiger partial charge in [0.15, 0.2) is 0 Å². The van der Waals surface area contributed by atoms with E-state index in [0.717, 1.165) is 10.8 Å². The number of rotatable bonds is 2. The smallest absolute Gasteiger partial charge is 0.238 e. The molecule has 0 saturated carbocycles. The molecule has 4 heterocycles. The van der Waals surface area contributed by atoms with Crippen molar-refractivity contribution in [1.29, 1.82) is 0 Å². The molecule has 0 saturated heterocycles. The van der Waals surface area contributed by atoms with E-state index in [4.69, 9.17) is 28.8 Å². The second-order valence-electron chi connectivity index (χ2n) is 9.20. The van der Waals surface area contributed by atoms with E-state index < -0.39 is 184 Å². The van der Waals surface area contributed by atoms with Crippen molar-refractivity contribution in [3.05, 3.63) is 132 Å². The zero-order valence-electron chi connectivity index (χ0n) is 45.3. The first-order chi connectivity index (χ1) is 30.5. The second kappa shape index (κ2) is 8.12. The van der Waals surface area contributed by atoms with Crippen LogP contribution in [0.3, 0.4) is 0 Å². The first-order valence-electron chi connectivity index (χ1n) is 24.5. The first kappa shape index (κ1) is 9.37. The fourth-order valence-electron chi connectivity index (χ4n) is 5.23. The van der Waals surface area contributed by atoms with Crippen molar-refractivity contribution in [2.45, 2.75) is 19.1 Å². The van der Waals surface area contributed by atoms with Crippen LogP contribution in [0.15, 0.2) is 121 Å². The van der Waals surface area contributed by atoms with E-state index in [2.05, 4.69) is 5.10 Å². The van der Waals surface area contributed by atoms with Crippen LogP contribution in [0.25, 0.3) is 64.6 Å². The fourth-order valence-corrected chi connectivity index (χ4v) is 6.32. The number of hydrogen-bond acceptors (Lipinski definition) is 2. The van der Waals surface area contributed by atoms with E-state index in [1.165, 1.54) is 0 Å². The largest absolute Gasteiger partial charge is 0.307 e. The Bertz CT molecular complexity index is 3580. The second-order valence-corrected chi connectivity index (χ2v) is 10.2. The van der Waals surface area contributed by atoms with Gasteiger partial charge in [0.25, 0.3) is 0 Å². The lowest BCUT2D eigenvalue weighted by Gasteiger charge is -2.34. The monoisotopic (exact) mass is 569 g/mol. The zero-order chi connectivity index (χ0) is 48.8. The van der Waals surface area contributed by atoms with Gasteiger partial charge >= 0.3 is 0 Å². The Balaban J connectivity index is 1.59. The van der Waals surface area contributed by atoms with Gasteiger partial charge in [0.2, 0.25) is 11.9 Å². The Hall–Kier alpha value is -4.80. The highest BCUT2D eigenvalue weighted by Gasteiger charge is 2.37. The topological polar surface area (TPSA) is 21.7 Å². The molecule has 3 aromatic heterocycles. The summed E-state index contributed by atoms with van der Waals surface area (Å²) in [6, 6.07) is -16.2. The van der Waals surface area contributed by atoms with Crippen LogP contribution in [0.1, 0.15) is 59.1 Å². The van der Waals surface area contributed by atoms with Gasteiger partial charge in [-0.2, -0.15) is 0 Å². The number of nitrogens with zero attached hydrogens (tertiary/aromatic N) is 3. The molecule has 0 fully saturated rings. The predicted octanol–water partition coefficient (Wildman–Crippen LogP) is 9.13. The number of hydrogen-bond donors (Lipinski definition) is 0. The number of para-hydroxylation sites is 1. The molecule has 9 rings (SSSR count). The fraction of sp³-hybridized carbons (Fsp3) is 0.0811. The maximum atomic E-state index is 9.92. The highest BCUT2D eigenvalue weighted by atomic mass is 32.1. The number of thiophene rings is 1. The van der Waals surface area contributed by atoms with Crippen molar-refractivity contribution in [2.24, 2.45) is 0 Å². The zero-order valence-corrected chi connectivity index (χ0v) is 21.1. The Labute approximate surface area is 276 Å². The van der Waals surface area contributed by atoms with Gasteiger partial charge in [0.1, 0.15) is 5.69 Å². The van der Waals surface area contributed by atoms with Crippen molar-refractivity contribution >= 4 is 53.3 Å². The quantitative estimate of drug-likeness (QED) is 0.190. The predicted molar refractivity (Wildman–Crippen MR) is 171 cm³/mol. The van der Waals surface area contributed by atoms with E-state index in [0.29, 0.717) is 16.0 Å². The van der Waals surface area contributed by atoms with E-state index >= 15 is 0 Å². The molecule has 8 aromatic rings. The Kier molecular flexibility index (Phi) is 1.86. The van der Waals surface area contributed by atoms with E-state index in [1.807, 2.05) is 0 Å². The lowest BCUT2D eigenvalue weighted by molar-refractivity contribution is -0.657. The third-order valence-corrected chi connectivity index (χ3v) is 8.08. The maximum Gasteiger partial charge on any atom is 0.238 e. The van der Waals surface area contributed by atoms with Gasteiger partial charge in [-0.3, -0.25) is 0 Å². The lowest BCUT2D eigenvalue weighted by atomic mass is 9.74. The van der Waals surface area contributed by atoms with Crippen molar-refractivity contribution in [3.63, 3.8) is 0 Å². The molecule has 41 heavy (non-hydrogen) atoms. The molecular weight excluding hydrogens is 518 g/mol. The Morgan fingerprint density at radius 1 is 0.756 bits per heavy atom. The normalized spacial score (nSPS) is 23.1. The summed E-state index contributed by atoms with van der Waals surface area (Å²) in [6.07, 6.45) is 0.853. The summed E-state index contributed by atoms with van der Waals surface area (Å²) < 4.78 is 224. The van der Waals surface area contributed by atoms with Crippen molar-refractivity contribution in [3.8, 4) is 22.6 Å². The van der Waals surface area contributed by atoms with E-state index in [-0.39, 0.29) is 25.7 Å². The molecule has 0 atom stereocenters. The Morgan fingerprint density at radius 2 is 1.54 bits per heavy atom. The third-order valence-electron chi connectivity index (χ3n) is 6.96. The molecule has 194 valence electrons. The summed E-state index contributed by atoms with van der Waals surface area (Å²) in [5.41, 5.74) is -9.46. The Morgan fingerprint density at radius 3 is 2.41 bits per heavy atom. The standard InChI is InChI=1S/C37H26N3S/c1-37(2)29-17-10-16-28-34(29)40(35-27-15-8-9-18-32(27)41-36(28)35)31-20-19-25(21-30(31)37)39-22-24-13-6-7-14-26(24)33(38-39)23-11-4-3-5-12-23/h3-22H,1-2H3/q+1/i1D3,2D3,3D,4D,5D,6D,7D,8D,9D,10D,11D,12D,13D,14D,15D,16D,17D,18D,19D,20D,21D. The molecule has 1 aliphatic rings. The van der Waals surface area contributed by atoms with Gasteiger partial charge in [-0.1, -0.05) is 103 Å².